The Kier molecular flexibility index (Phi) is 4.25. The Labute approximate surface area is 125 Å². The lowest BCUT2D eigenvalue weighted by atomic mass is 10.1. The predicted octanol–water partition coefficient (Wildman–Crippen LogP) is 2.77. The molecule has 0 saturated carbocycles. The molecule has 1 fully saturated rings. The third-order valence-electron chi connectivity index (χ3n) is 4.20. The number of H-pyrrole nitrogens is 1. The van der Waals surface area contributed by atoms with Gasteiger partial charge in [-0.2, -0.15) is 0 Å². The molecule has 1 aromatic carbocycles. The summed E-state index contributed by atoms with van der Waals surface area (Å²) in [5, 5.41) is 4.12. The highest BCUT2D eigenvalue weighted by Crippen LogP contribution is 2.17. The van der Waals surface area contributed by atoms with Crippen LogP contribution in [0.15, 0.2) is 30.5 Å². The molecule has 4 nitrogen and oxygen atoms in total. The molecule has 0 spiro atoms. The molecule has 4 heteroatoms. The van der Waals surface area contributed by atoms with Crippen LogP contribution in [-0.2, 0) is 0 Å². The van der Waals surface area contributed by atoms with Crippen molar-refractivity contribution >= 4 is 16.8 Å². The maximum Gasteiger partial charge on any atom is 0.252 e. The second-order valence-electron chi connectivity index (χ2n) is 5.98. The Morgan fingerprint density at radius 3 is 2.90 bits per heavy atom. The first-order chi connectivity index (χ1) is 10.2. The van der Waals surface area contributed by atoms with Gasteiger partial charge in [-0.3, -0.25) is 4.79 Å². The number of nitrogens with one attached hydrogen (secondary N) is 2. The Bertz CT molecular complexity index is 613. The summed E-state index contributed by atoms with van der Waals surface area (Å²) in [7, 11) is 0. The van der Waals surface area contributed by atoms with Gasteiger partial charge in [0.15, 0.2) is 0 Å². The molecule has 0 aliphatic carbocycles. The van der Waals surface area contributed by atoms with Gasteiger partial charge in [-0.1, -0.05) is 12.5 Å². The summed E-state index contributed by atoms with van der Waals surface area (Å²) >= 11 is 0. The molecule has 0 bridgehead atoms. The third-order valence-corrected chi connectivity index (χ3v) is 4.20. The van der Waals surface area contributed by atoms with E-state index < -0.39 is 0 Å². The van der Waals surface area contributed by atoms with E-state index in [1.165, 1.54) is 19.3 Å². The second kappa shape index (κ2) is 6.31. The number of carbonyl (C=O) groups is 1. The number of carbonyl (C=O) groups excluding carboxylic acids is 1. The molecule has 3 rings (SSSR count). The normalized spacial score (nSPS) is 17.8. The first kappa shape index (κ1) is 14.1. The number of fused-ring (bicyclic) bond motifs is 1. The Morgan fingerprint density at radius 2 is 2.10 bits per heavy atom. The van der Waals surface area contributed by atoms with E-state index in [0.29, 0.717) is 0 Å². The number of rotatable bonds is 4. The van der Waals surface area contributed by atoms with Crippen LogP contribution in [0.2, 0.25) is 0 Å². The van der Waals surface area contributed by atoms with Crippen LogP contribution in [0.3, 0.4) is 0 Å². The molecule has 1 aliphatic rings. The lowest BCUT2D eigenvalue weighted by Gasteiger charge is -2.29. The summed E-state index contributed by atoms with van der Waals surface area (Å²) in [6.45, 7) is 5.35. The zero-order valence-electron chi connectivity index (χ0n) is 12.6. The number of hydrogen-bond acceptors (Lipinski definition) is 2. The van der Waals surface area contributed by atoms with Gasteiger partial charge in [0, 0.05) is 35.2 Å². The zero-order valence-corrected chi connectivity index (χ0v) is 12.6. The van der Waals surface area contributed by atoms with E-state index in [1.54, 1.807) is 0 Å². The molecular formula is C17H23N3O. The summed E-state index contributed by atoms with van der Waals surface area (Å²) in [6, 6.07) is 7.93. The number of nitrogens with zero attached hydrogens (tertiary/aromatic N) is 1. The molecule has 21 heavy (non-hydrogen) atoms. The van der Waals surface area contributed by atoms with Crippen LogP contribution in [0, 0.1) is 0 Å². The van der Waals surface area contributed by atoms with Crippen molar-refractivity contribution in [2.24, 2.45) is 0 Å². The van der Waals surface area contributed by atoms with Gasteiger partial charge in [-0.15, -0.1) is 0 Å². The third kappa shape index (κ3) is 3.27. The summed E-state index contributed by atoms with van der Waals surface area (Å²) in [5.41, 5.74) is 1.76. The van der Waals surface area contributed by atoms with E-state index in [-0.39, 0.29) is 11.9 Å². The maximum absolute atomic E-state index is 12.5. The van der Waals surface area contributed by atoms with Crippen LogP contribution in [0.4, 0.5) is 0 Å². The molecule has 1 amide bonds. The number of piperidine rings is 1. The van der Waals surface area contributed by atoms with Gasteiger partial charge in [-0.25, -0.2) is 0 Å². The van der Waals surface area contributed by atoms with Crippen LogP contribution < -0.4 is 5.32 Å². The summed E-state index contributed by atoms with van der Waals surface area (Å²) in [6.07, 6.45) is 5.78. The summed E-state index contributed by atoms with van der Waals surface area (Å²) in [4.78, 5) is 18.1. The number of amides is 1. The monoisotopic (exact) mass is 285 g/mol. The van der Waals surface area contributed by atoms with Crippen LogP contribution in [0.5, 0.6) is 0 Å². The molecule has 0 radical (unpaired) electrons. The Hall–Kier alpha value is -1.81. The van der Waals surface area contributed by atoms with Gasteiger partial charge < -0.3 is 15.2 Å². The van der Waals surface area contributed by atoms with Crippen molar-refractivity contribution in [3.05, 3.63) is 36.0 Å². The van der Waals surface area contributed by atoms with Gasteiger partial charge in [0.05, 0.1) is 0 Å². The van der Waals surface area contributed by atoms with Crippen molar-refractivity contribution in [1.29, 1.82) is 0 Å². The number of benzene rings is 1. The molecule has 2 heterocycles. The minimum atomic E-state index is 0.0182. The average molecular weight is 285 g/mol. The first-order valence-electron chi connectivity index (χ1n) is 7.83. The molecule has 1 saturated heterocycles. The zero-order chi connectivity index (χ0) is 14.7. The maximum atomic E-state index is 12.5. The molecule has 1 unspecified atom stereocenters. The van der Waals surface area contributed by atoms with Crippen LogP contribution in [0.1, 0.15) is 36.5 Å². The highest BCUT2D eigenvalue weighted by molar-refractivity contribution is 6.06. The van der Waals surface area contributed by atoms with Crippen molar-refractivity contribution in [2.45, 2.75) is 32.2 Å². The van der Waals surface area contributed by atoms with Crippen LogP contribution >= 0.6 is 0 Å². The molecular weight excluding hydrogens is 262 g/mol. The van der Waals surface area contributed by atoms with Gasteiger partial charge in [-0.05, 0) is 51.1 Å². The minimum Gasteiger partial charge on any atom is -0.361 e. The quantitative estimate of drug-likeness (QED) is 0.907. The lowest BCUT2D eigenvalue weighted by molar-refractivity contribution is 0.0927. The van der Waals surface area contributed by atoms with Gasteiger partial charge in [0.1, 0.15) is 0 Å². The second-order valence-corrected chi connectivity index (χ2v) is 5.98. The van der Waals surface area contributed by atoms with E-state index in [1.807, 2.05) is 30.5 Å². The molecule has 2 N–H and O–H groups in total. The highest BCUT2D eigenvalue weighted by Gasteiger charge is 2.16. The lowest BCUT2D eigenvalue weighted by Crippen LogP contribution is -2.43. The van der Waals surface area contributed by atoms with E-state index >= 15 is 0 Å². The molecule has 1 aromatic heterocycles. The highest BCUT2D eigenvalue weighted by atomic mass is 16.1. The topological polar surface area (TPSA) is 48.1 Å². The molecule has 2 aromatic rings. The van der Waals surface area contributed by atoms with E-state index in [9.17, 15) is 4.79 Å². The fourth-order valence-electron chi connectivity index (χ4n) is 3.16. The number of hydrogen-bond donors (Lipinski definition) is 2. The van der Waals surface area contributed by atoms with Crippen molar-refractivity contribution in [3.63, 3.8) is 0 Å². The standard InChI is InChI=1S/C17H23N3O/c1-13(12-20-10-3-2-4-11-20)19-17(21)15-6-5-7-16-14(15)8-9-18-16/h5-9,13,18H,2-4,10-12H2,1H3,(H,19,21). The van der Waals surface area contributed by atoms with E-state index in [0.717, 1.165) is 36.1 Å². The summed E-state index contributed by atoms with van der Waals surface area (Å²) in [5.74, 6) is 0.0182. The minimum absolute atomic E-state index is 0.0182. The van der Waals surface area contributed by atoms with E-state index in [4.69, 9.17) is 0 Å². The van der Waals surface area contributed by atoms with Crippen molar-refractivity contribution in [2.75, 3.05) is 19.6 Å². The van der Waals surface area contributed by atoms with Gasteiger partial charge in [0.25, 0.3) is 5.91 Å². The fourth-order valence-corrected chi connectivity index (χ4v) is 3.16. The van der Waals surface area contributed by atoms with Crippen LogP contribution in [0.25, 0.3) is 10.9 Å². The summed E-state index contributed by atoms with van der Waals surface area (Å²) < 4.78 is 0. The van der Waals surface area contributed by atoms with E-state index in [2.05, 4.69) is 22.1 Å². The number of aromatic amines is 1. The SMILES string of the molecule is CC(CN1CCCCC1)NC(=O)c1cccc2[nH]ccc12. The molecule has 112 valence electrons. The molecule has 1 atom stereocenters. The number of aromatic nitrogens is 1. The smallest absolute Gasteiger partial charge is 0.252 e. The van der Waals surface area contributed by atoms with Crippen molar-refractivity contribution < 1.29 is 4.79 Å². The number of likely N-dealkylation sites (tertiary alicyclic amines) is 1. The Morgan fingerprint density at radius 1 is 1.29 bits per heavy atom. The Balaban J connectivity index is 1.64. The van der Waals surface area contributed by atoms with Crippen molar-refractivity contribution in [1.82, 2.24) is 15.2 Å². The predicted molar refractivity (Wildman–Crippen MR) is 85.5 cm³/mol. The molecule has 1 aliphatic heterocycles. The largest absolute Gasteiger partial charge is 0.361 e. The first-order valence-corrected chi connectivity index (χ1v) is 7.83. The van der Waals surface area contributed by atoms with Crippen molar-refractivity contribution in [3.8, 4) is 0 Å². The van der Waals surface area contributed by atoms with Gasteiger partial charge >= 0.3 is 0 Å². The van der Waals surface area contributed by atoms with Gasteiger partial charge in [0.2, 0.25) is 0 Å². The van der Waals surface area contributed by atoms with Crippen LogP contribution in [-0.4, -0.2) is 41.5 Å². The average Bonchev–Trinajstić information content (AvgIpc) is 2.96. The fraction of sp³-hybridized carbons (Fsp3) is 0.471.